The minimum Gasteiger partial charge on any atom is -0.349 e. The van der Waals surface area contributed by atoms with Crippen molar-refractivity contribution in [1.82, 2.24) is 9.88 Å². The minimum atomic E-state index is -1.55. The quantitative estimate of drug-likeness (QED) is 0.678. The van der Waals surface area contributed by atoms with Crippen molar-refractivity contribution in [3.63, 3.8) is 0 Å². The van der Waals surface area contributed by atoms with E-state index in [4.69, 9.17) is 0 Å². The van der Waals surface area contributed by atoms with Gasteiger partial charge in [0.1, 0.15) is 5.69 Å². The first-order valence-corrected chi connectivity index (χ1v) is 7.92. The Balaban J connectivity index is 2.14. The molecule has 1 aliphatic rings. The fourth-order valence-electron chi connectivity index (χ4n) is 3.53. The van der Waals surface area contributed by atoms with Crippen molar-refractivity contribution in [2.45, 2.75) is 13.5 Å². The molecular formula is C19H12F3N3O. The summed E-state index contributed by atoms with van der Waals surface area (Å²) in [7, 11) is 0. The largest absolute Gasteiger partial charge is 0.349 e. The van der Waals surface area contributed by atoms with Gasteiger partial charge < -0.3 is 9.88 Å². The van der Waals surface area contributed by atoms with Crippen LogP contribution in [0.2, 0.25) is 0 Å². The van der Waals surface area contributed by atoms with E-state index in [1.54, 1.807) is 17.6 Å². The van der Waals surface area contributed by atoms with Crippen LogP contribution in [-0.4, -0.2) is 17.0 Å². The molecule has 2 heterocycles. The number of hydrogen-bond donors (Lipinski definition) is 1. The molecule has 0 bridgehead atoms. The number of aromatic nitrogens is 1. The van der Waals surface area contributed by atoms with E-state index in [9.17, 15) is 23.2 Å². The molecule has 0 fully saturated rings. The van der Waals surface area contributed by atoms with E-state index in [0.717, 1.165) is 12.1 Å². The first-order valence-electron chi connectivity index (χ1n) is 7.92. The first kappa shape index (κ1) is 16.2. The maximum Gasteiger partial charge on any atom is 0.268 e. The minimum absolute atomic E-state index is 0.106. The van der Waals surface area contributed by atoms with Crippen molar-refractivity contribution in [3.05, 3.63) is 58.5 Å². The van der Waals surface area contributed by atoms with E-state index in [2.05, 4.69) is 5.32 Å². The van der Waals surface area contributed by atoms with Crippen LogP contribution in [0.1, 0.15) is 21.6 Å². The molecule has 0 saturated carbocycles. The van der Waals surface area contributed by atoms with Crippen molar-refractivity contribution >= 4 is 16.8 Å². The maximum absolute atomic E-state index is 13.8. The SMILES string of the molecule is Cc1c2n(c3c(-c4cc(F)c(F)c(F)c4)cc(C#N)cc13)CCNC2=O. The zero-order valence-corrected chi connectivity index (χ0v) is 13.7. The van der Waals surface area contributed by atoms with E-state index < -0.39 is 17.5 Å². The Bertz CT molecular complexity index is 1120. The lowest BCUT2D eigenvalue weighted by Gasteiger charge is -2.18. The average molecular weight is 355 g/mol. The standard InChI is InChI=1S/C19H12F3N3O/c1-9-12-4-10(8-23)5-13(11-6-14(20)16(22)15(21)7-11)18(12)25-3-2-24-19(26)17(9)25/h4-7H,2-3H2,1H3,(H,24,26). The second-order valence-electron chi connectivity index (χ2n) is 6.17. The topological polar surface area (TPSA) is 57.8 Å². The monoisotopic (exact) mass is 355 g/mol. The summed E-state index contributed by atoms with van der Waals surface area (Å²) in [6.45, 7) is 2.66. The van der Waals surface area contributed by atoms with Gasteiger partial charge in [0, 0.05) is 24.0 Å². The molecule has 7 heteroatoms. The van der Waals surface area contributed by atoms with Crippen molar-refractivity contribution < 1.29 is 18.0 Å². The van der Waals surface area contributed by atoms with Crippen molar-refractivity contribution in [2.75, 3.05) is 6.54 Å². The number of fused-ring (bicyclic) bond motifs is 3. The number of aryl methyl sites for hydroxylation is 1. The summed E-state index contributed by atoms with van der Waals surface area (Å²) >= 11 is 0. The summed E-state index contributed by atoms with van der Waals surface area (Å²) in [5.41, 5.74) is 2.49. The lowest BCUT2D eigenvalue weighted by molar-refractivity contribution is 0.0928. The maximum atomic E-state index is 13.8. The summed E-state index contributed by atoms with van der Waals surface area (Å²) in [6, 6.07) is 6.94. The Kier molecular flexibility index (Phi) is 3.51. The lowest BCUT2D eigenvalue weighted by atomic mass is 9.98. The number of nitriles is 1. The van der Waals surface area contributed by atoms with Crippen molar-refractivity contribution in [3.8, 4) is 17.2 Å². The number of amides is 1. The van der Waals surface area contributed by atoms with Crippen LogP contribution in [0.3, 0.4) is 0 Å². The number of rotatable bonds is 1. The zero-order chi connectivity index (χ0) is 18.6. The average Bonchev–Trinajstić information content (AvgIpc) is 2.92. The Morgan fingerprint density at radius 1 is 1.15 bits per heavy atom. The molecule has 0 aliphatic carbocycles. The van der Waals surface area contributed by atoms with Gasteiger partial charge in [-0.15, -0.1) is 0 Å². The Hall–Kier alpha value is -3.27. The number of carbonyl (C=O) groups excluding carboxylic acids is 1. The molecule has 0 radical (unpaired) electrons. The normalized spacial score (nSPS) is 13.4. The van der Waals surface area contributed by atoms with Gasteiger partial charge in [-0.1, -0.05) is 0 Å². The van der Waals surface area contributed by atoms with E-state index in [-0.39, 0.29) is 17.0 Å². The van der Waals surface area contributed by atoms with Gasteiger partial charge in [-0.2, -0.15) is 5.26 Å². The molecule has 26 heavy (non-hydrogen) atoms. The highest BCUT2D eigenvalue weighted by atomic mass is 19.2. The summed E-state index contributed by atoms with van der Waals surface area (Å²) in [5, 5.41) is 12.7. The number of nitrogens with zero attached hydrogens (tertiary/aromatic N) is 2. The van der Waals surface area contributed by atoms with Gasteiger partial charge >= 0.3 is 0 Å². The number of hydrogen-bond acceptors (Lipinski definition) is 2. The number of halogens is 3. The molecular weight excluding hydrogens is 343 g/mol. The molecule has 2 aromatic carbocycles. The van der Waals surface area contributed by atoms with Crippen LogP contribution in [0, 0.1) is 35.7 Å². The van der Waals surface area contributed by atoms with Crippen molar-refractivity contribution in [2.24, 2.45) is 0 Å². The second kappa shape index (κ2) is 5.63. The molecule has 0 saturated heterocycles. The molecule has 1 N–H and O–H groups in total. The van der Waals surface area contributed by atoms with Crippen LogP contribution in [0.5, 0.6) is 0 Å². The molecule has 4 nitrogen and oxygen atoms in total. The summed E-state index contributed by atoms with van der Waals surface area (Å²) < 4.78 is 42.7. The highest BCUT2D eigenvalue weighted by molar-refractivity contribution is 6.06. The fourth-order valence-corrected chi connectivity index (χ4v) is 3.53. The Morgan fingerprint density at radius 2 is 1.85 bits per heavy atom. The molecule has 3 aromatic rings. The molecule has 1 amide bonds. The van der Waals surface area contributed by atoms with E-state index >= 15 is 0 Å². The van der Waals surface area contributed by atoms with E-state index in [0.29, 0.717) is 40.8 Å². The molecule has 1 aromatic heterocycles. The molecule has 4 rings (SSSR count). The van der Waals surface area contributed by atoms with Crippen LogP contribution >= 0.6 is 0 Å². The van der Waals surface area contributed by atoms with Gasteiger partial charge in [-0.3, -0.25) is 4.79 Å². The van der Waals surface area contributed by atoms with E-state index in [1.807, 2.05) is 6.07 Å². The first-order chi connectivity index (χ1) is 12.4. The summed E-state index contributed by atoms with van der Waals surface area (Å²) in [5.74, 6) is -4.41. The van der Waals surface area contributed by atoms with Crippen LogP contribution in [0.25, 0.3) is 22.0 Å². The Labute approximate surface area is 146 Å². The molecule has 130 valence electrons. The van der Waals surface area contributed by atoms with Crippen molar-refractivity contribution in [1.29, 1.82) is 5.26 Å². The van der Waals surface area contributed by atoms with Crippen LogP contribution in [0.15, 0.2) is 24.3 Å². The smallest absolute Gasteiger partial charge is 0.268 e. The summed E-state index contributed by atoms with van der Waals surface area (Å²) in [6.07, 6.45) is 0. The molecule has 0 spiro atoms. The number of carbonyl (C=O) groups is 1. The second-order valence-corrected chi connectivity index (χ2v) is 6.17. The van der Waals surface area contributed by atoms with Crippen LogP contribution < -0.4 is 5.32 Å². The van der Waals surface area contributed by atoms with Gasteiger partial charge in [0.2, 0.25) is 0 Å². The molecule has 1 aliphatic heterocycles. The third-order valence-electron chi connectivity index (χ3n) is 4.67. The van der Waals surface area contributed by atoms with Gasteiger partial charge in [0.25, 0.3) is 5.91 Å². The lowest BCUT2D eigenvalue weighted by Crippen LogP contribution is -2.35. The fraction of sp³-hybridized carbons (Fsp3) is 0.158. The number of benzene rings is 2. The summed E-state index contributed by atoms with van der Waals surface area (Å²) in [4.78, 5) is 12.3. The predicted molar refractivity (Wildman–Crippen MR) is 89.0 cm³/mol. The third kappa shape index (κ3) is 2.19. The van der Waals surface area contributed by atoms with E-state index in [1.165, 1.54) is 6.07 Å². The highest BCUT2D eigenvalue weighted by Crippen LogP contribution is 2.37. The third-order valence-corrected chi connectivity index (χ3v) is 4.67. The van der Waals surface area contributed by atoms with Crippen LogP contribution in [-0.2, 0) is 6.54 Å². The van der Waals surface area contributed by atoms with Gasteiger partial charge in [0.15, 0.2) is 17.5 Å². The van der Waals surface area contributed by atoms with Gasteiger partial charge in [-0.25, -0.2) is 13.2 Å². The highest BCUT2D eigenvalue weighted by Gasteiger charge is 2.26. The molecule has 0 atom stereocenters. The zero-order valence-electron chi connectivity index (χ0n) is 13.7. The predicted octanol–water partition coefficient (Wildman–Crippen LogP) is 3.65. The van der Waals surface area contributed by atoms with Gasteiger partial charge in [-0.05, 0) is 42.3 Å². The Morgan fingerprint density at radius 3 is 2.50 bits per heavy atom. The molecule has 0 unspecified atom stereocenters. The van der Waals surface area contributed by atoms with Crippen LogP contribution in [0.4, 0.5) is 13.2 Å². The number of nitrogens with one attached hydrogen (secondary N) is 1. The van der Waals surface area contributed by atoms with Gasteiger partial charge in [0.05, 0.1) is 17.1 Å².